The minimum atomic E-state index is -0.172. The van der Waals surface area contributed by atoms with Gasteiger partial charge >= 0.3 is 6.03 Å². The van der Waals surface area contributed by atoms with Gasteiger partial charge in [-0.15, -0.1) is 10.2 Å². The number of nitrogens with zero attached hydrogens (tertiary/aromatic N) is 5. The number of hydrogen-bond donors (Lipinski definition) is 1. The number of carbonyl (C=O) groups excluding carboxylic acids is 2. The standard InChI is InChI=1S/C25H36N6O3/c1-5-11-26-25(33)31(17-19(2)3)18-24(32)30-14-12-29(13-15-30)23-10-9-22(27-28-23)20-7-6-8-21(16-20)34-4/h6-10,16,19H,5,11-15,17-18H2,1-4H3,(H,26,33). The van der Waals surface area contributed by atoms with Crippen LogP contribution in [0, 0.1) is 5.92 Å². The van der Waals surface area contributed by atoms with Crippen molar-refractivity contribution in [3.63, 3.8) is 0 Å². The Kier molecular flexibility index (Phi) is 9.07. The molecule has 184 valence electrons. The van der Waals surface area contributed by atoms with Crippen LogP contribution in [0.3, 0.4) is 0 Å². The molecule has 0 unspecified atom stereocenters. The molecule has 0 aliphatic carbocycles. The molecule has 3 rings (SSSR count). The van der Waals surface area contributed by atoms with Gasteiger partial charge in [-0.2, -0.15) is 0 Å². The number of ether oxygens (including phenoxy) is 1. The molecular formula is C25H36N6O3. The number of carbonyl (C=O) groups is 2. The summed E-state index contributed by atoms with van der Waals surface area (Å²) in [5, 5.41) is 11.7. The largest absolute Gasteiger partial charge is 0.497 e. The van der Waals surface area contributed by atoms with Crippen LogP contribution >= 0.6 is 0 Å². The number of amides is 3. The van der Waals surface area contributed by atoms with Crippen LogP contribution in [0.2, 0.25) is 0 Å². The van der Waals surface area contributed by atoms with E-state index in [9.17, 15) is 9.59 Å². The molecule has 2 heterocycles. The van der Waals surface area contributed by atoms with Crippen LogP contribution in [0.25, 0.3) is 11.3 Å². The Balaban J connectivity index is 1.55. The molecule has 1 aliphatic rings. The molecular weight excluding hydrogens is 432 g/mol. The molecule has 0 spiro atoms. The Morgan fingerprint density at radius 2 is 1.88 bits per heavy atom. The van der Waals surface area contributed by atoms with E-state index in [0.29, 0.717) is 39.3 Å². The third-order valence-electron chi connectivity index (χ3n) is 5.70. The fourth-order valence-electron chi connectivity index (χ4n) is 3.88. The molecule has 9 nitrogen and oxygen atoms in total. The fraction of sp³-hybridized carbons (Fsp3) is 0.520. The van der Waals surface area contributed by atoms with E-state index < -0.39 is 0 Å². The molecule has 0 atom stereocenters. The Labute approximate surface area is 202 Å². The van der Waals surface area contributed by atoms with Gasteiger partial charge in [-0.3, -0.25) is 4.79 Å². The zero-order valence-corrected chi connectivity index (χ0v) is 20.7. The summed E-state index contributed by atoms with van der Waals surface area (Å²) in [5.74, 6) is 1.83. The van der Waals surface area contributed by atoms with E-state index in [-0.39, 0.29) is 24.4 Å². The average molecular weight is 469 g/mol. The third kappa shape index (κ3) is 6.82. The highest BCUT2D eigenvalue weighted by molar-refractivity contribution is 5.84. The number of hydrogen-bond acceptors (Lipinski definition) is 6. The van der Waals surface area contributed by atoms with Gasteiger partial charge in [0.2, 0.25) is 5.91 Å². The first-order valence-electron chi connectivity index (χ1n) is 11.9. The maximum atomic E-state index is 12.9. The fourth-order valence-corrected chi connectivity index (χ4v) is 3.88. The summed E-state index contributed by atoms with van der Waals surface area (Å²) in [6.07, 6.45) is 0.862. The van der Waals surface area contributed by atoms with Gasteiger partial charge in [0.1, 0.15) is 12.3 Å². The zero-order chi connectivity index (χ0) is 24.5. The first-order chi connectivity index (χ1) is 16.4. The number of urea groups is 1. The molecule has 3 amide bonds. The molecule has 1 aromatic carbocycles. The number of rotatable bonds is 9. The normalized spacial score (nSPS) is 13.7. The van der Waals surface area contributed by atoms with Crippen LogP contribution in [0.1, 0.15) is 27.2 Å². The Morgan fingerprint density at radius 1 is 1.12 bits per heavy atom. The molecule has 0 saturated carbocycles. The topological polar surface area (TPSA) is 90.9 Å². The summed E-state index contributed by atoms with van der Waals surface area (Å²) in [5.41, 5.74) is 1.73. The van der Waals surface area contributed by atoms with Crippen LogP contribution in [0.15, 0.2) is 36.4 Å². The van der Waals surface area contributed by atoms with Crippen LogP contribution in [-0.4, -0.2) is 84.9 Å². The Bertz CT molecular complexity index is 942. The number of methoxy groups -OCH3 is 1. The maximum absolute atomic E-state index is 12.9. The number of piperazine rings is 1. The van der Waals surface area contributed by atoms with Crippen LogP contribution < -0.4 is 15.0 Å². The van der Waals surface area contributed by atoms with Crippen molar-refractivity contribution in [2.75, 3.05) is 57.8 Å². The van der Waals surface area contributed by atoms with E-state index in [4.69, 9.17) is 4.74 Å². The Morgan fingerprint density at radius 3 is 2.50 bits per heavy atom. The molecule has 34 heavy (non-hydrogen) atoms. The second-order valence-corrected chi connectivity index (χ2v) is 8.88. The van der Waals surface area contributed by atoms with Gasteiger partial charge in [-0.25, -0.2) is 4.79 Å². The SMILES string of the molecule is CCCNC(=O)N(CC(=O)N1CCN(c2ccc(-c3cccc(OC)c3)nn2)CC1)CC(C)C. The predicted molar refractivity (Wildman–Crippen MR) is 133 cm³/mol. The molecule has 0 radical (unpaired) electrons. The average Bonchev–Trinajstić information content (AvgIpc) is 2.86. The predicted octanol–water partition coefficient (Wildman–Crippen LogP) is 2.88. The number of aromatic nitrogens is 2. The van der Waals surface area contributed by atoms with E-state index in [1.54, 1.807) is 12.0 Å². The monoisotopic (exact) mass is 468 g/mol. The van der Waals surface area contributed by atoms with Crippen molar-refractivity contribution in [3.8, 4) is 17.0 Å². The first-order valence-corrected chi connectivity index (χ1v) is 11.9. The summed E-state index contributed by atoms with van der Waals surface area (Å²) < 4.78 is 5.28. The molecule has 2 aromatic rings. The molecule has 1 N–H and O–H groups in total. The quantitative estimate of drug-likeness (QED) is 0.609. The first kappa shape index (κ1) is 25.3. The van der Waals surface area contributed by atoms with Gasteiger partial charge in [0.05, 0.1) is 12.8 Å². The van der Waals surface area contributed by atoms with E-state index in [1.807, 2.05) is 62.1 Å². The number of anilines is 1. The summed E-state index contributed by atoms with van der Waals surface area (Å²) in [7, 11) is 1.64. The molecule has 1 aliphatic heterocycles. The molecule has 1 aromatic heterocycles. The summed E-state index contributed by atoms with van der Waals surface area (Å²) >= 11 is 0. The highest BCUT2D eigenvalue weighted by atomic mass is 16.5. The van der Waals surface area contributed by atoms with Crippen LogP contribution in [0.4, 0.5) is 10.6 Å². The van der Waals surface area contributed by atoms with Gasteiger partial charge in [0, 0.05) is 44.8 Å². The minimum absolute atomic E-state index is 0.0218. The van der Waals surface area contributed by atoms with Gasteiger partial charge in [-0.1, -0.05) is 32.9 Å². The maximum Gasteiger partial charge on any atom is 0.317 e. The van der Waals surface area contributed by atoms with Crippen LogP contribution in [0.5, 0.6) is 5.75 Å². The van der Waals surface area contributed by atoms with Gasteiger partial charge in [0.25, 0.3) is 0 Å². The van der Waals surface area contributed by atoms with Crippen molar-refractivity contribution in [1.82, 2.24) is 25.3 Å². The number of benzene rings is 1. The smallest absolute Gasteiger partial charge is 0.317 e. The summed E-state index contributed by atoms with van der Waals surface area (Å²) in [6, 6.07) is 11.5. The van der Waals surface area contributed by atoms with E-state index >= 15 is 0 Å². The lowest BCUT2D eigenvalue weighted by molar-refractivity contribution is -0.132. The lowest BCUT2D eigenvalue weighted by Crippen LogP contribution is -2.53. The van der Waals surface area contributed by atoms with Gasteiger partial charge in [-0.05, 0) is 36.6 Å². The summed E-state index contributed by atoms with van der Waals surface area (Å²) in [6.45, 7) is 9.88. The van der Waals surface area contributed by atoms with Crippen molar-refractivity contribution in [2.24, 2.45) is 5.92 Å². The highest BCUT2D eigenvalue weighted by Gasteiger charge is 2.25. The third-order valence-corrected chi connectivity index (χ3v) is 5.70. The summed E-state index contributed by atoms with van der Waals surface area (Å²) in [4.78, 5) is 31.0. The molecule has 1 saturated heterocycles. The zero-order valence-electron chi connectivity index (χ0n) is 20.7. The van der Waals surface area contributed by atoms with Crippen molar-refractivity contribution in [1.29, 1.82) is 0 Å². The molecule has 0 bridgehead atoms. The van der Waals surface area contributed by atoms with Crippen molar-refractivity contribution in [3.05, 3.63) is 36.4 Å². The number of nitrogens with one attached hydrogen (secondary N) is 1. The second-order valence-electron chi connectivity index (χ2n) is 8.88. The molecule has 9 heteroatoms. The van der Waals surface area contributed by atoms with E-state index in [2.05, 4.69) is 20.4 Å². The molecule has 1 fully saturated rings. The lowest BCUT2D eigenvalue weighted by atomic mass is 10.1. The van der Waals surface area contributed by atoms with E-state index in [1.165, 1.54) is 0 Å². The Hall–Kier alpha value is -3.36. The second kappa shape index (κ2) is 12.2. The minimum Gasteiger partial charge on any atom is -0.497 e. The van der Waals surface area contributed by atoms with Gasteiger partial charge in [0.15, 0.2) is 5.82 Å². The van der Waals surface area contributed by atoms with Crippen molar-refractivity contribution in [2.45, 2.75) is 27.2 Å². The van der Waals surface area contributed by atoms with Crippen molar-refractivity contribution >= 4 is 17.8 Å². The lowest BCUT2D eigenvalue weighted by Gasteiger charge is -2.36. The van der Waals surface area contributed by atoms with E-state index in [0.717, 1.165) is 29.2 Å². The van der Waals surface area contributed by atoms with Gasteiger partial charge < -0.3 is 24.8 Å². The van der Waals surface area contributed by atoms with Crippen molar-refractivity contribution < 1.29 is 14.3 Å². The highest BCUT2D eigenvalue weighted by Crippen LogP contribution is 2.23. The van der Waals surface area contributed by atoms with Crippen LogP contribution in [-0.2, 0) is 4.79 Å².